The molecule has 0 fully saturated rings. The van der Waals surface area contributed by atoms with Crippen LogP contribution in [0.5, 0.6) is 11.5 Å². The van der Waals surface area contributed by atoms with E-state index in [1.54, 1.807) is 18.2 Å². The second-order valence-corrected chi connectivity index (χ2v) is 5.45. The molecule has 0 aliphatic heterocycles. The van der Waals surface area contributed by atoms with E-state index in [-0.39, 0.29) is 11.7 Å². The summed E-state index contributed by atoms with van der Waals surface area (Å²) in [6, 6.07) is 4.85. The van der Waals surface area contributed by atoms with E-state index in [2.05, 4.69) is 0 Å². The molecule has 1 N–H and O–H groups in total. The van der Waals surface area contributed by atoms with Crippen LogP contribution in [-0.4, -0.2) is 57.0 Å². The van der Waals surface area contributed by atoms with Crippen LogP contribution in [0.3, 0.4) is 0 Å². The van der Waals surface area contributed by atoms with Crippen LogP contribution in [0.15, 0.2) is 24.3 Å². The van der Waals surface area contributed by atoms with E-state index in [9.17, 15) is 9.90 Å². The van der Waals surface area contributed by atoms with Gasteiger partial charge in [-0.2, -0.15) is 0 Å². The molecule has 20 heavy (non-hydrogen) atoms. The molecule has 1 rings (SSSR count). The predicted octanol–water partition coefficient (Wildman–Crippen LogP) is 1.66. The summed E-state index contributed by atoms with van der Waals surface area (Å²) >= 11 is 0. The lowest BCUT2D eigenvalue weighted by Crippen LogP contribution is -2.37. The normalized spacial score (nSPS) is 11.6. The second kappa shape index (κ2) is 6.96. The number of likely N-dealkylation sites (N-methyl/N-ethyl adjacent to an activating group) is 1. The van der Waals surface area contributed by atoms with Crippen LogP contribution >= 0.6 is 0 Å². The molecule has 110 valence electrons. The number of nitrogens with zero attached hydrogens (tertiary/aromatic N) is 1. The van der Waals surface area contributed by atoms with Crippen LogP contribution < -0.4 is 4.74 Å². The lowest BCUT2D eigenvalue weighted by Gasteiger charge is -2.23. The molecule has 0 atom stereocenters. The zero-order valence-electron chi connectivity index (χ0n) is 12.4. The van der Waals surface area contributed by atoms with E-state index in [1.807, 2.05) is 21.1 Å². The number of esters is 1. The fourth-order valence-corrected chi connectivity index (χ4v) is 1.43. The number of methoxy groups -OCH3 is 1. The van der Waals surface area contributed by atoms with Crippen LogP contribution in [0.2, 0.25) is 0 Å². The molecule has 0 amide bonds. The van der Waals surface area contributed by atoms with E-state index < -0.39 is 0 Å². The summed E-state index contributed by atoms with van der Waals surface area (Å²) in [7, 11) is 7.58. The van der Waals surface area contributed by atoms with Gasteiger partial charge in [-0.1, -0.05) is 6.07 Å². The monoisotopic (exact) mass is 280 g/mol. The number of hydrogen-bond donors (Lipinski definition) is 1. The van der Waals surface area contributed by atoms with Crippen LogP contribution in [0.25, 0.3) is 6.08 Å². The molecule has 0 bridgehead atoms. The van der Waals surface area contributed by atoms with Crippen molar-refractivity contribution in [1.29, 1.82) is 0 Å². The Hall–Kier alpha value is -2.01. The number of benzene rings is 1. The molecule has 5 heteroatoms. The van der Waals surface area contributed by atoms with E-state index in [1.165, 1.54) is 19.3 Å². The minimum absolute atomic E-state index is 0.0650. The second-order valence-electron chi connectivity index (χ2n) is 5.45. The highest BCUT2D eigenvalue weighted by Crippen LogP contribution is 2.26. The Morgan fingerprint density at radius 3 is 2.65 bits per heavy atom. The van der Waals surface area contributed by atoms with Gasteiger partial charge in [0.25, 0.3) is 0 Å². The van der Waals surface area contributed by atoms with Crippen LogP contribution in [0.4, 0.5) is 0 Å². The van der Waals surface area contributed by atoms with Gasteiger partial charge in [-0.3, -0.25) is 0 Å². The molecular weight excluding hydrogens is 258 g/mol. The van der Waals surface area contributed by atoms with Crippen molar-refractivity contribution in [2.75, 3.05) is 41.4 Å². The SMILES string of the molecule is COc1cc(C=CC(=O)OCC[N+](C)(C)C)ccc1O. The number of aromatic hydroxyl groups is 1. The van der Waals surface area contributed by atoms with Gasteiger partial charge in [0.15, 0.2) is 11.5 Å². The van der Waals surface area contributed by atoms with Gasteiger partial charge in [-0.25, -0.2) is 4.79 Å². The van der Waals surface area contributed by atoms with Gasteiger partial charge in [-0.05, 0) is 23.8 Å². The Bertz CT molecular complexity index is 489. The number of ether oxygens (including phenoxy) is 2. The molecule has 0 saturated heterocycles. The molecule has 0 radical (unpaired) electrons. The molecule has 0 aliphatic carbocycles. The highest BCUT2D eigenvalue weighted by molar-refractivity contribution is 5.87. The molecule has 0 saturated carbocycles. The number of carbonyl (C=O) groups is 1. The zero-order valence-corrected chi connectivity index (χ0v) is 12.4. The molecular formula is C15H22NO4+. The maximum absolute atomic E-state index is 11.5. The number of phenols is 1. The summed E-state index contributed by atoms with van der Waals surface area (Å²) < 4.78 is 10.8. The summed E-state index contributed by atoms with van der Waals surface area (Å²) in [5.41, 5.74) is 0.753. The van der Waals surface area contributed by atoms with Gasteiger partial charge < -0.3 is 19.1 Å². The van der Waals surface area contributed by atoms with Crippen molar-refractivity contribution in [3.05, 3.63) is 29.8 Å². The zero-order chi connectivity index (χ0) is 15.2. The first kappa shape index (κ1) is 16.0. The Labute approximate surface area is 119 Å². The molecule has 1 aromatic rings. The Kier molecular flexibility index (Phi) is 5.58. The fraction of sp³-hybridized carbons (Fsp3) is 0.400. The largest absolute Gasteiger partial charge is 0.504 e. The topological polar surface area (TPSA) is 55.8 Å². The standard InChI is InChI=1S/C15H21NO4/c1-16(2,3)9-10-20-15(18)8-6-12-5-7-13(17)14(11-12)19-4/h5-8,11H,9-10H2,1-4H3/p+1. The number of rotatable bonds is 6. The minimum atomic E-state index is -0.384. The number of quaternary nitrogens is 1. The van der Waals surface area contributed by atoms with Crippen molar-refractivity contribution in [3.8, 4) is 11.5 Å². The average molecular weight is 280 g/mol. The number of hydrogen-bond acceptors (Lipinski definition) is 4. The maximum atomic E-state index is 11.5. The third-order valence-electron chi connectivity index (χ3n) is 2.62. The maximum Gasteiger partial charge on any atom is 0.330 e. The van der Waals surface area contributed by atoms with Crippen LogP contribution in [0, 0.1) is 0 Å². The predicted molar refractivity (Wildman–Crippen MR) is 77.6 cm³/mol. The van der Waals surface area contributed by atoms with Crippen molar-refractivity contribution >= 4 is 12.0 Å². The van der Waals surface area contributed by atoms with Gasteiger partial charge in [0, 0.05) is 6.08 Å². The van der Waals surface area contributed by atoms with Crippen molar-refractivity contribution in [2.24, 2.45) is 0 Å². The highest BCUT2D eigenvalue weighted by Gasteiger charge is 2.07. The average Bonchev–Trinajstić information content (AvgIpc) is 2.36. The van der Waals surface area contributed by atoms with E-state index in [0.717, 1.165) is 16.6 Å². The quantitative estimate of drug-likeness (QED) is 0.489. The summed E-state index contributed by atoms with van der Waals surface area (Å²) in [4.78, 5) is 11.5. The van der Waals surface area contributed by atoms with Crippen LogP contribution in [-0.2, 0) is 9.53 Å². The number of phenolic OH excluding ortho intramolecular Hbond substituents is 1. The van der Waals surface area contributed by atoms with Gasteiger partial charge in [0.2, 0.25) is 0 Å². The smallest absolute Gasteiger partial charge is 0.330 e. The molecule has 0 spiro atoms. The Morgan fingerprint density at radius 2 is 2.05 bits per heavy atom. The van der Waals surface area contributed by atoms with E-state index in [0.29, 0.717) is 12.4 Å². The Balaban J connectivity index is 2.53. The Morgan fingerprint density at radius 1 is 1.35 bits per heavy atom. The van der Waals surface area contributed by atoms with Crippen molar-refractivity contribution in [2.45, 2.75) is 0 Å². The summed E-state index contributed by atoms with van der Waals surface area (Å²) in [6.45, 7) is 1.14. The highest BCUT2D eigenvalue weighted by atomic mass is 16.5. The first-order valence-electron chi connectivity index (χ1n) is 6.34. The number of carbonyl (C=O) groups excluding carboxylic acids is 1. The van der Waals surface area contributed by atoms with Crippen molar-refractivity contribution in [3.63, 3.8) is 0 Å². The molecule has 0 heterocycles. The van der Waals surface area contributed by atoms with Gasteiger partial charge >= 0.3 is 5.97 Å². The summed E-state index contributed by atoms with van der Waals surface area (Å²) in [6.07, 6.45) is 2.98. The molecule has 0 aliphatic rings. The lowest BCUT2D eigenvalue weighted by atomic mass is 10.2. The first-order chi connectivity index (χ1) is 9.31. The molecule has 0 unspecified atom stereocenters. The van der Waals surface area contributed by atoms with E-state index in [4.69, 9.17) is 9.47 Å². The van der Waals surface area contributed by atoms with Crippen LogP contribution in [0.1, 0.15) is 5.56 Å². The molecule has 5 nitrogen and oxygen atoms in total. The third kappa shape index (κ3) is 5.75. The van der Waals surface area contributed by atoms with Gasteiger partial charge in [-0.15, -0.1) is 0 Å². The van der Waals surface area contributed by atoms with Gasteiger partial charge in [0.05, 0.1) is 28.3 Å². The summed E-state index contributed by atoms with van der Waals surface area (Å²) in [5.74, 6) is 0.0474. The molecule has 1 aromatic carbocycles. The summed E-state index contributed by atoms with van der Waals surface area (Å²) in [5, 5.41) is 9.46. The first-order valence-corrected chi connectivity index (χ1v) is 6.34. The van der Waals surface area contributed by atoms with Crippen molar-refractivity contribution < 1.29 is 23.9 Å². The van der Waals surface area contributed by atoms with Crippen molar-refractivity contribution in [1.82, 2.24) is 0 Å². The minimum Gasteiger partial charge on any atom is -0.504 e. The van der Waals surface area contributed by atoms with E-state index >= 15 is 0 Å². The fourth-order valence-electron chi connectivity index (χ4n) is 1.43. The molecule has 0 aromatic heterocycles. The lowest BCUT2D eigenvalue weighted by molar-refractivity contribution is -0.870. The van der Waals surface area contributed by atoms with Gasteiger partial charge in [0.1, 0.15) is 13.2 Å². The third-order valence-corrected chi connectivity index (χ3v) is 2.62.